The van der Waals surface area contributed by atoms with E-state index in [-0.39, 0.29) is 10.8 Å². The van der Waals surface area contributed by atoms with Crippen molar-refractivity contribution in [1.82, 2.24) is 18.8 Å². The number of nitrogens with zero attached hydrogens (tertiary/aromatic N) is 4. The smallest absolute Gasteiger partial charge is 0.137 e. The molecule has 0 bridgehead atoms. The van der Waals surface area contributed by atoms with Crippen LogP contribution in [-0.4, -0.2) is 18.8 Å². The van der Waals surface area contributed by atoms with Gasteiger partial charge in [-0.1, -0.05) is 404 Å². The van der Waals surface area contributed by atoms with Crippen LogP contribution in [0.5, 0.6) is 0 Å². The molecular weight excluding hydrogens is 1470 g/mol. The maximum absolute atomic E-state index is 5.29. The zero-order valence-electron chi connectivity index (χ0n) is 68.4. The van der Waals surface area contributed by atoms with Crippen LogP contribution in [-0.2, 0) is 21.7 Å². The fourth-order valence-corrected chi connectivity index (χ4v) is 21.2. The molecule has 4 aliphatic rings. The van der Waals surface area contributed by atoms with Crippen LogP contribution in [0.2, 0.25) is 0 Å². The summed E-state index contributed by atoms with van der Waals surface area (Å²) in [6.45, 7) is 9.37. The van der Waals surface area contributed by atoms with Gasteiger partial charge < -0.3 is 0 Å². The lowest BCUT2D eigenvalue weighted by Gasteiger charge is -2.34. The van der Waals surface area contributed by atoms with E-state index in [1.165, 1.54) is 150 Å². The summed E-state index contributed by atoms with van der Waals surface area (Å²) in [4.78, 5) is 10.5. The van der Waals surface area contributed by atoms with E-state index in [1.807, 2.05) is 0 Å². The van der Waals surface area contributed by atoms with Crippen LogP contribution in [0.25, 0.3) is 145 Å². The second-order valence-electron chi connectivity index (χ2n) is 34.2. The summed E-state index contributed by atoms with van der Waals surface area (Å²) < 4.78 is 4.44. The maximum Gasteiger partial charge on any atom is 0.137 e. The number of imidazole rings is 2. The van der Waals surface area contributed by atoms with E-state index in [0.717, 1.165) is 61.9 Å². The van der Waals surface area contributed by atoms with Gasteiger partial charge in [-0.15, -0.1) is 0 Å². The SMILES string of the molecule is CC1(C)c2ccccc2-c2ccc(-c3ccc(-c4nc5ccccn5c4-c4ccc(-c5ccc6c(c5)C(C)(C)c5ccccc5-6)cc4)cc3)cc21.c1ccc(C2(c3ccccc3)c3ccccc3-c3ccc(-c4ccc(-c5nc6ccccn6c5-c5ccc(-c6ccc7c(c6)C(c6ccccc6)(c6ccccc6)c6ccccc6-7)cc5)cc4)cc32)cc1. The van der Waals surface area contributed by atoms with Crippen molar-refractivity contribution in [2.75, 3.05) is 0 Å². The highest BCUT2D eigenvalue weighted by molar-refractivity contribution is 5.94. The predicted octanol–water partition coefficient (Wildman–Crippen LogP) is 29.3. The highest BCUT2D eigenvalue weighted by atomic mass is 15.0. The lowest BCUT2D eigenvalue weighted by Crippen LogP contribution is -2.28. The van der Waals surface area contributed by atoms with Crippen LogP contribution < -0.4 is 0 Å². The Bertz CT molecular complexity index is 7420. The topological polar surface area (TPSA) is 34.6 Å². The van der Waals surface area contributed by atoms with E-state index < -0.39 is 10.8 Å². The summed E-state index contributed by atoms with van der Waals surface area (Å²) in [5.41, 5.74) is 45.6. The van der Waals surface area contributed by atoms with Crippen LogP contribution in [0.15, 0.2) is 437 Å². The lowest BCUT2D eigenvalue weighted by molar-refractivity contribution is 0.660. The van der Waals surface area contributed by atoms with E-state index in [0.29, 0.717) is 0 Å². The second kappa shape index (κ2) is 28.3. The van der Waals surface area contributed by atoms with E-state index in [9.17, 15) is 0 Å². The molecule has 4 heteroatoms. The van der Waals surface area contributed by atoms with Crippen molar-refractivity contribution < 1.29 is 0 Å². The number of fused-ring (bicyclic) bond motifs is 14. The number of pyridine rings is 2. The Morgan fingerprint density at radius 3 is 0.730 bits per heavy atom. The molecule has 0 amide bonds. The zero-order valence-corrected chi connectivity index (χ0v) is 68.4. The van der Waals surface area contributed by atoms with Crippen molar-refractivity contribution in [3.8, 4) is 134 Å². The number of hydrogen-bond acceptors (Lipinski definition) is 2. The van der Waals surface area contributed by atoms with Gasteiger partial charge in [0.25, 0.3) is 0 Å². The fraction of sp³-hybridized carbons (Fsp3) is 0.0678. The van der Waals surface area contributed by atoms with E-state index in [1.54, 1.807) is 0 Å². The highest BCUT2D eigenvalue weighted by Gasteiger charge is 2.48. The van der Waals surface area contributed by atoms with Crippen LogP contribution >= 0.6 is 0 Å². The molecule has 0 aliphatic heterocycles. The van der Waals surface area contributed by atoms with Crippen LogP contribution in [0.3, 0.4) is 0 Å². The summed E-state index contributed by atoms with van der Waals surface area (Å²) in [5.74, 6) is 0. The van der Waals surface area contributed by atoms with Gasteiger partial charge in [-0.25, -0.2) is 9.97 Å². The average molecular weight is 1560 g/mol. The normalized spacial score (nSPS) is 14.0. The zero-order chi connectivity index (χ0) is 81.4. The Kier molecular flexibility index (Phi) is 16.7. The van der Waals surface area contributed by atoms with Gasteiger partial charge in [0.15, 0.2) is 0 Å². The molecule has 0 saturated heterocycles. The third-order valence-corrected chi connectivity index (χ3v) is 27.1. The Morgan fingerprint density at radius 2 is 0.410 bits per heavy atom. The van der Waals surface area contributed by atoms with Crippen molar-refractivity contribution in [3.05, 3.63) is 504 Å². The average Bonchev–Trinajstić information content (AvgIpc) is 1.54. The highest BCUT2D eigenvalue weighted by Crippen LogP contribution is 2.60. The van der Waals surface area contributed by atoms with Gasteiger partial charge in [0, 0.05) is 45.5 Å². The maximum atomic E-state index is 5.29. The Morgan fingerprint density at radius 1 is 0.180 bits per heavy atom. The second-order valence-corrected chi connectivity index (χ2v) is 34.2. The third kappa shape index (κ3) is 11.1. The van der Waals surface area contributed by atoms with Crippen LogP contribution in [0.1, 0.15) is 94.5 Å². The summed E-state index contributed by atoms with van der Waals surface area (Å²) in [6, 6.07) is 156. The van der Waals surface area contributed by atoms with Crippen LogP contribution in [0.4, 0.5) is 0 Å². The van der Waals surface area contributed by atoms with Gasteiger partial charge in [-0.2, -0.15) is 0 Å². The van der Waals surface area contributed by atoms with E-state index in [2.05, 4.69) is 474 Å². The minimum absolute atomic E-state index is 0.0220. The molecule has 4 aromatic heterocycles. The first kappa shape index (κ1) is 72.2. The number of rotatable bonds is 12. The first-order valence-corrected chi connectivity index (χ1v) is 42.6. The molecule has 0 spiro atoms. The van der Waals surface area contributed by atoms with Gasteiger partial charge in [0.2, 0.25) is 0 Å². The van der Waals surface area contributed by atoms with Crippen molar-refractivity contribution >= 4 is 11.3 Å². The quantitative estimate of drug-likeness (QED) is 0.122. The summed E-state index contributed by atoms with van der Waals surface area (Å²) in [7, 11) is 0. The molecule has 0 radical (unpaired) electrons. The van der Waals surface area contributed by atoms with E-state index in [4.69, 9.17) is 9.97 Å². The minimum Gasteiger partial charge on any atom is -0.299 e. The fourth-order valence-electron chi connectivity index (χ4n) is 21.2. The molecule has 0 N–H and O–H groups in total. The first-order chi connectivity index (χ1) is 60.0. The number of benzene rings is 16. The van der Waals surface area contributed by atoms with Crippen molar-refractivity contribution in [2.24, 2.45) is 0 Å². The minimum atomic E-state index is -0.452. The molecule has 4 heterocycles. The Labute approximate surface area is 712 Å². The van der Waals surface area contributed by atoms with Gasteiger partial charge in [-0.3, -0.25) is 8.80 Å². The largest absolute Gasteiger partial charge is 0.299 e. The monoisotopic (exact) mass is 1560 g/mol. The Balaban J connectivity index is 0.000000150. The summed E-state index contributed by atoms with van der Waals surface area (Å²) >= 11 is 0. The molecule has 0 saturated carbocycles. The lowest BCUT2D eigenvalue weighted by atomic mass is 9.67. The van der Waals surface area contributed by atoms with Crippen molar-refractivity contribution in [3.63, 3.8) is 0 Å². The van der Waals surface area contributed by atoms with Gasteiger partial charge >= 0.3 is 0 Å². The molecule has 0 fully saturated rings. The van der Waals surface area contributed by atoms with E-state index >= 15 is 0 Å². The molecule has 4 nitrogen and oxygen atoms in total. The molecule has 16 aromatic carbocycles. The van der Waals surface area contributed by atoms with Gasteiger partial charge in [0.05, 0.1) is 33.6 Å². The number of hydrogen-bond donors (Lipinski definition) is 0. The molecular formula is C118H84N4. The number of aromatic nitrogens is 4. The Hall–Kier alpha value is -15.1. The van der Waals surface area contributed by atoms with Crippen molar-refractivity contribution in [1.29, 1.82) is 0 Å². The molecule has 0 unspecified atom stereocenters. The molecule has 24 rings (SSSR count). The molecule has 576 valence electrons. The summed E-state index contributed by atoms with van der Waals surface area (Å²) in [5, 5.41) is 0. The molecule has 0 atom stereocenters. The molecule has 122 heavy (non-hydrogen) atoms. The van der Waals surface area contributed by atoms with Crippen molar-refractivity contribution in [2.45, 2.75) is 49.4 Å². The third-order valence-electron chi connectivity index (χ3n) is 27.1. The molecule has 4 aliphatic carbocycles. The first-order valence-electron chi connectivity index (χ1n) is 42.6. The molecule has 20 aromatic rings. The van der Waals surface area contributed by atoms with Gasteiger partial charge in [0.1, 0.15) is 11.3 Å². The van der Waals surface area contributed by atoms with Gasteiger partial charge in [-0.05, 0) is 204 Å². The summed E-state index contributed by atoms with van der Waals surface area (Å²) in [6.07, 6.45) is 4.25. The van der Waals surface area contributed by atoms with Crippen LogP contribution in [0, 0.1) is 0 Å². The predicted molar refractivity (Wildman–Crippen MR) is 504 cm³/mol. The standard InChI is InChI=1S/C69H46N2.C49H38N2/c1-5-19-53(20-6-1)68(54-21-7-2-8-22-54)61-29-15-13-27-57(61)59-42-40-51(45-63(59)68)47-32-36-49(37-33-47)66-67(71-44-18-17-31-65(71)70-66)50-38-34-48(35-39-50)52-41-43-60-58-28-14-16-30-62(58)69(64(60)46-52,55-23-9-3-10-24-55)56-25-11-4-12-26-56;1-48(2)41-13-7-5-11-37(41)39-26-24-35(29-43(39)48)31-16-20-33(21-17-31)46-47(51-28-10-9-15-45(51)50-46)34-22-18-32(19-23-34)36-25-27-40-38-12-6-8-14-42(38)49(3,4)44(40)30-36/h1-46H;5-30H,1-4H3.